The summed E-state index contributed by atoms with van der Waals surface area (Å²) in [5, 5.41) is 21.9. The zero-order valence-corrected chi connectivity index (χ0v) is 58.2. The zero-order valence-electron chi connectivity index (χ0n) is 58.2. The van der Waals surface area contributed by atoms with Crippen molar-refractivity contribution in [3.8, 4) is 0 Å². The number of rotatable bonds is 29. The average Bonchev–Trinajstić information content (AvgIpc) is 1.42. The van der Waals surface area contributed by atoms with Gasteiger partial charge in [-0.25, -0.2) is 0 Å². The standard InChI is InChI=1S/2C26H48O7.C15H31NO4/c2*1-16-10-11-26(6,33-18(16)3)24(28)20(27)12-17(2)21-14-22(31-9)25(4,5)23(32-21)13-19(30-8)15-29-7;1-10(16)12-8-13(19-6)15(2,3)14(20-12)7-11(18-5)9-17-4/h2*16-19,21-24,28H,10-15H2,1-9H3;10-14H,7-9,16H2,1-6H3/t16-,17+,18-,19+,21+,22-,23-,24-,26-;16-,17-,18-,19+,21+,22-,23-,24-,26-;10?,11-,12-,13+,14+/m110/s1. The van der Waals surface area contributed by atoms with Gasteiger partial charge in [0.1, 0.15) is 12.2 Å². The van der Waals surface area contributed by atoms with Crippen molar-refractivity contribution in [1.29, 1.82) is 0 Å². The Morgan fingerprint density at radius 1 is 0.488 bits per heavy atom. The first-order valence-corrected chi connectivity index (χ1v) is 32.3. The van der Waals surface area contributed by atoms with E-state index >= 15 is 0 Å². The monoisotopic (exact) mass is 1230 g/mol. The highest BCUT2D eigenvalue weighted by atomic mass is 16.6. The van der Waals surface area contributed by atoms with Crippen LogP contribution in [0.3, 0.4) is 0 Å². The molecule has 19 heteroatoms. The molecule has 0 aromatic rings. The molecule has 86 heavy (non-hydrogen) atoms. The normalized spacial score (nSPS) is 36.3. The highest BCUT2D eigenvalue weighted by Gasteiger charge is 2.52. The summed E-state index contributed by atoms with van der Waals surface area (Å²) in [7, 11) is 15.3. The predicted octanol–water partition coefficient (Wildman–Crippen LogP) is 9.16. The summed E-state index contributed by atoms with van der Waals surface area (Å²) >= 11 is 0. The van der Waals surface area contributed by atoms with Crippen LogP contribution in [0.1, 0.15) is 181 Å². The number of ether oxygens (including phenoxy) is 14. The Balaban J connectivity index is 0.000000349. The van der Waals surface area contributed by atoms with Gasteiger partial charge in [0.15, 0.2) is 11.6 Å². The van der Waals surface area contributed by atoms with Crippen molar-refractivity contribution in [2.75, 3.05) is 83.8 Å². The van der Waals surface area contributed by atoms with Gasteiger partial charge in [-0.1, -0.05) is 69.2 Å². The van der Waals surface area contributed by atoms with Gasteiger partial charge in [0.25, 0.3) is 0 Å². The average molecular weight is 1230 g/mol. The molecule has 5 fully saturated rings. The van der Waals surface area contributed by atoms with Crippen LogP contribution in [0.5, 0.6) is 0 Å². The van der Waals surface area contributed by atoms with Crippen LogP contribution in [0, 0.1) is 39.9 Å². The topological polar surface area (TPSA) is 230 Å². The summed E-state index contributed by atoms with van der Waals surface area (Å²) in [6.45, 7) is 32.6. The van der Waals surface area contributed by atoms with E-state index in [9.17, 15) is 19.8 Å². The minimum Gasteiger partial charge on any atom is -0.382 e. The lowest BCUT2D eigenvalue weighted by atomic mass is 9.72. The van der Waals surface area contributed by atoms with E-state index in [-0.39, 0.29) is 144 Å². The summed E-state index contributed by atoms with van der Waals surface area (Å²) in [6, 6.07) is -0.00494. The van der Waals surface area contributed by atoms with Crippen molar-refractivity contribution in [3.63, 3.8) is 0 Å². The van der Waals surface area contributed by atoms with Crippen molar-refractivity contribution in [2.24, 2.45) is 45.7 Å². The predicted molar refractivity (Wildman–Crippen MR) is 333 cm³/mol. The van der Waals surface area contributed by atoms with Gasteiger partial charge in [-0.05, 0) is 84.0 Å². The SMILES string of the molecule is COC[C@H](C[C@H]1O[C@H](C(C)N)C[C@@H](OC)C1(C)C)OC.COC[C@H](C[C@H]1O[C@H]([C@@H](C)CC(=O)[C@@H](O)[C@@]2(C)CC[C@@H](C)[C@@H](C)O2)C[C@@H](OC)C1(C)C)OC.COC[C@H](C[C@H]1O[C@H]([C@H](C)CC(=O)[C@@H](O)[C@@]2(C)CC[C@@H](C)[C@@H](C)O2)C[C@@H](OC)C1(C)C)OC. The van der Waals surface area contributed by atoms with Gasteiger partial charge in [0, 0.05) is 138 Å². The van der Waals surface area contributed by atoms with E-state index in [2.05, 4.69) is 55.4 Å². The van der Waals surface area contributed by atoms with Gasteiger partial charge < -0.3 is 82.3 Å². The highest BCUT2D eigenvalue weighted by molar-refractivity contribution is 5.84. The molecule has 5 rings (SSSR count). The summed E-state index contributed by atoms with van der Waals surface area (Å²) in [5.41, 5.74) is 3.85. The fourth-order valence-electron chi connectivity index (χ4n) is 13.7. The third-order valence-electron chi connectivity index (χ3n) is 21.1. The number of aliphatic hydroxyl groups excluding tert-OH is 2. The molecule has 0 aromatic carbocycles. The Kier molecular flexibility index (Phi) is 32.7. The number of nitrogens with two attached hydrogens (primary N) is 1. The molecule has 5 saturated heterocycles. The van der Waals surface area contributed by atoms with Crippen molar-refractivity contribution in [1.82, 2.24) is 0 Å². The number of carbonyl (C=O) groups excluding carboxylic acids is 2. The Bertz CT molecular complexity index is 1840. The van der Waals surface area contributed by atoms with Crippen molar-refractivity contribution in [3.05, 3.63) is 0 Å². The molecule has 5 heterocycles. The number of ketones is 2. The number of hydrogen-bond donors (Lipinski definition) is 3. The Morgan fingerprint density at radius 2 is 0.767 bits per heavy atom. The molecule has 508 valence electrons. The number of Topliss-reactive ketones (excluding diaryl/α,β-unsaturated/α-hetero) is 2. The second-order valence-electron chi connectivity index (χ2n) is 28.7. The molecule has 0 spiro atoms. The molecule has 0 aromatic heterocycles. The fraction of sp³-hybridized carbons (Fsp3) is 0.970. The minimum atomic E-state index is -1.14. The van der Waals surface area contributed by atoms with Gasteiger partial charge in [0.05, 0.1) is 116 Å². The molecule has 23 atom stereocenters. The first-order chi connectivity index (χ1) is 40.1. The van der Waals surface area contributed by atoms with Crippen molar-refractivity contribution >= 4 is 11.6 Å². The van der Waals surface area contributed by atoms with E-state index in [1.54, 1.807) is 64.0 Å². The quantitative estimate of drug-likeness (QED) is 0.0634. The lowest BCUT2D eigenvalue weighted by Crippen LogP contribution is -2.55. The molecule has 0 saturated carbocycles. The minimum absolute atomic E-state index is 0.00494. The lowest BCUT2D eigenvalue weighted by molar-refractivity contribution is -0.207. The van der Waals surface area contributed by atoms with Crippen molar-refractivity contribution in [2.45, 2.75) is 296 Å². The molecule has 0 bridgehead atoms. The molecule has 0 amide bonds. The molecule has 0 radical (unpaired) electrons. The number of methoxy groups -OCH3 is 9. The highest BCUT2D eigenvalue weighted by Crippen LogP contribution is 2.46. The van der Waals surface area contributed by atoms with Crippen LogP contribution in [-0.4, -0.2) is 220 Å². The van der Waals surface area contributed by atoms with Crippen LogP contribution in [0.15, 0.2) is 0 Å². The first-order valence-electron chi connectivity index (χ1n) is 32.3. The van der Waals surface area contributed by atoms with Gasteiger partial charge in [-0.15, -0.1) is 0 Å². The maximum atomic E-state index is 13.1. The van der Waals surface area contributed by atoms with Crippen LogP contribution in [-0.2, 0) is 75.9 Å². The number of hydrogen-bond acceptors (Lipinski definition) is 19. The van der Waals surface area contributed by atoms with Crippen LogP contribution in [0.25, 0.3) is 0 Å². The van der Waals surface area contributed by atoms with E-state index in [4.69, 9.17) is 72.0 Å². The maximum Gasteiger partial charge on any atom is 0.164 e. The second kappa shape index (κ2) is 35.6. The Hall–Kier alpha value is -1.34. The van der Waals surface area contributed by atoms with E-state index < -0.39 is 23.4 Å². The molecule has 4 N–H and O–H groups in total. The van der Waals surface area contributed by atoms with Crippen LogP contribution < -0.4 is 5.73 Å². The van der Waals surface area contributed by atoms with Gasteiger partial charge in [-0.2, -0.15) is 0 Å². The van der Waals surface area contributed by atoms with Gasteiger partial charge in [-0.3, -0.25) is 9.59 Å². The summed E-state index contributed by atoms with van der Waals surface area (Å²) in [6.07, 6.45) is 5.41. The van der Waals surface area contributed by atoms with Crippen LogP contribution >= 0.6 is 0 Å². The number of carbonyl (C=O) groups is 2. The molecule has 0 aliphatic carbocycles. The van der Waals surface area contributed by atoms with Crippen LogP contribution in [0.2, 0.25) is 0 Å². The molecular weight excluding hydrogens is 1110 g/mol. The summed E-state index contributed by atoms with van der Waals surface area (Å²) in [5.74, 6) is 0.371. The van der Waals surface area contributed by atoms with Gasteiger partial charge in [0.2, 0.25) is 0 Å². The van der Waals surface area contributed by atoms with Crippen LogP contribution in [0.4, 0.5) is 0 Å². The van der Waals surface area contributed by atoms with E-state index in [0.717, 1.165) is 25.7 Å². The summed E-state index contributed by atoms with van der Waals surface area (Å²) in [4.78, 5) is 26.2. The van der Waals surface area contributed by atoms with Crippen molar-refractivity contribution < 1.29 is 86.1 Å². The maximum absolute atomic E-state index is 13.1. The lowest BCUT2D eigenvalue weighted by Gasteiger charge is -2.49. The third-order valence-corrected chi connectivity index (χ3v) is 21.1. The molecule has 5 aliphatic heterocycles. The summed E-state index contributed by atoms with van der Waals surface area (Å²) < 4.78 is 81.5. The Labute approximate surface area is 521 Å². The molecular formula is C67H127NO18. The van der Waals surface area contributed by atoms with E-state index in [1.165, 1.54) is 0 Å². The smallest absolute Gasteiger partial charge is 0.164 e. The van der Waals surface area contributed by atoms with E-state index in [0.29, 0.717) is 70.2 Å². The number of aliphatic hydroxyl groups is 2. The first kappa shape index (κ1) is 78.9. The largest absolute Gasteiger partial charge is 0.382 e. The second-order valence-corrected chi connectivity index (χ2v) is 28.7. The van der Waals surface area contributed by atoms with E-state index in [1.807, 2.05) is 48.5 Å². The molecule has 19 nitrogen and oxygen atoms in total. The zero-order chi connectivity index (χ0) is 65.3. The van der Waals surface area contributed by atoms with Gasteiger partial charge >= 0.3 is 0 Å². The third kappa shape index (κ3) is 21.1. The Morgan fingerprint density at radius 3 is 1.01 bits per heavy atom. The molecule has 1 unspecified atom stereocenters. The molecule has 5 aliphatic rings. The fourth-order valence-corrected chi connectivity index (χ4v) is 13.7.